The Hall–Kier alpha value is -1.79. The average molecular weight is 417 g/mol. The summed E-state index contributed by atoms with van der Waals surface area (Å²) in [5, 5.41) is 6.88. The summed E-state index contributed by atoms with van der Waals surface area (Å²) in [7, 11) is 1.83. The molecule has 0 radical (unpaired) electrons. The van der Waals surface area contributed by atoms with Gasteiger partial charge in [0.1, 0.15) is 11.9 Å². The Morgan fingerprint density at radius 1 is 1.27 bits per heavy atom. The number of nitrogens with zero attached hydrogens (tertiary/aromatic N) is 2. The number of likely N-dealkylation sites (tertiary alicyclic amines) is 1. The van der Waals surface area contributed by atoms with Crippen molar-refractivity contribution in [2.24, 2.45) is 10.9 Å². The molecule has 2 unspecified atom stereocenters. The van der Waals surface area contributed by atoms with Crippen LogP contribution in [-0.4, -0.2) is 63.4 Å². The molecule has 0 saturated carbocycles. The summed E-state index contributed by atoms with van der Waals surface area (Å²) < 4.78 is 11.7. The first-order valence-electron chi connectivity index (χ1n) is 11.6. The fourth-order valence-electron chi connectivity index (χ4n) is 4.26. The third-order valence-electron chi connectivity index (χ3n) is 6.01. The predicted octanol–water partition coefficient (Wildman–Crippen LogP) is 3.34. The summed E-state index contributed by atoms with van der Waals surface area (Å²) >= 11 is 0. The van der Waals surface area contributed by atoms with E-state index < -0.39 is 0 Å². The predicted molar refractivity (Wildman–Crippen MR) is 123 cm³/mol. The second kappa shape index (κ2) is 12.2. The van der Waals surface area contributed by atoms with Crippen LogP contribution in [-0.2, 0) is 11.3 Å². The van der Waals surface area contributed by atoms with E-state index in [4.69, 9.17) is 9.47 Å². The fourth-order valence-corrected chi connectivity index (χ4v) is 4.26. The van der Waals surface area contributed by atoms with Crippen LogP contribution in [0.1, 0.15) is 50.2 Å². The molecule has 6 heteroatoms. The smallest absolute Gasteiger partial charge is 0.191 e. The highest BCUT2D eigenvalue weighted by Gasteiger charge is 2.19. The van der Waals surface area contributed by atoms with Crippen molar-refractivity contribution in [3.8, 4) is 5.75 Å². The second-order valence-electron chi connectivity index (χ2n) is 8.82. The number of hydrogen-bond donors (Lipinski definition) is 2. The van der Waals surface area contributed by atoms with E-state index in [0.29, 0.717) is 13.2 Å². The van der Waals surface area contributed by atoms with E-state index in [2.05, 4.69) is 52.6 Å². The van der Waals surface area contributed by atoms with Crippen molar-refractivity contribution in [3.63, 3.8) is 0 Å². The van der Waals surface area contributed by atoms with E-state index in [1.54, 1.807) is 0 Å². The zero-order valence-electron chi connectivity index (χ0n) is 19.1. The minimum absolute atomic E-state index is 0.158. The minimum atomic E-state index is 0.158. The van der Waals surface area contributed by atoms with Crippen molar-refractivity contribution in [1.82, 2.24) is 15.5 Å². The SMILES string of the molecule is CN=C(NCCCCN1CCCC(C)C1)NCc1ccc(C)cc1OC1CCOC1. The number of hydrogen-bond acceptors (Lipinski definition) is 4. The molecule has 2 saturated heterocycles. The van der Waals surface area contributed by atoms with E-state index in [0.717, 1.165) is 49.2 Å². The minimum Gasteiger partial charge on any atom is -0.488 e. The number of guanidine groups is 1. The molecule has 2 aliphatic heterocycles. The number of aliphatic imine (C=N–C) groups is 1. The highest BCUT2D eigenvalue weighted by Crippen LogP contribution is 2.23. The molecule has 0 spiro atoms. The van der Waals surface area contributed by atoms with Gasteiger partial charge in [0.15, 0.2) is 5.96 Å². The maximum atomic E-state index is 6.20. The zero-order chi connectivity index (χ0) is 21.2. The maximum Gasteiger partial charge on any atom is 0.191 e. The molecule has 6 nitrogen and oxygen atoms in total. The Kier molecular flexibility index (Phi) is 9.27. The van der Waals surface area contributed by atoms with Crippen LogP contribution >= 0.6 is 0 Å². The number of piperidine rings is 1. The summed E-state index contributed by atoms with van der Waals surface area (Å²) in [6, 6.07) is 6.39. The van der Waals surface area contributed by atoms with Crippen molar-refractivity contribution in [1.29, 1.82) is 0 Å². The Balaban J connectivity index is 1.38. The van der Waals surface area contributed by atoms with E-state index in [-0.39, 0.29) is 6.10 Å². The molecule has 0 bridgehead atoms. The van der Waals surface area contributed by atoms with Gasteiger partial charge in [0.25, 0.3) is 0 Å². The quantitative estimate of drug-likeness (QED) is 0.367. The summed E-state index contributed by atoms with van der Waals surface area (Å²) in [6.07, 6.45) is 6.25. The largest absolute Gasteiger partial charge is 0.488 e. The van der Waals surface area contributed by atoms with Crippen LogP contribution in [0.5, 0.6) is 5.75 Å². The molecule has 2 fully saturated rings. The van der Waals surface area contributed by atoms with Gasteiger partial charge in [-0.2, -0.15) is 0 Å². The number of ether oxygens (including phenoxy) is 2. The summed E-state index contributed by atoms with van der Waals surface area (Å²) in [4.78, 5) is 6.99. The van der Waals surface area contributed by atoms with E-state index >= 15 is 0 Å². The topological polar surface area (TPSA) is 58.1 Å². The van der Waals surface area contributed by atoms with E-state index in [1.165, 1.54) is 44.5 Å². The summed E-state index contributed by atoms with van der Waals surface area (Å²) in [5.74, 6) is 2.65. The van der Waals surface area contributed by atoms with E-state index in [1.807, 2.05) is 7.05 Å². The first-order valence-corrected chi connectivity index (χ1v) is 11.6. The molecule has 2 N–H and O–H groups in total. The van der Waals surface area contributed by atoms with E-state index in [9.17, 15) is 0 Å². The lowest BCUT2D eigenvalue weighted by molar-refractivity contribution is 0.140. The van der Waals surface area contributed by atoms with Gasteiger partial charge in [-0.15, -0.1) is 0 Å². The van der Waals surface area contributed by atoms with Crippen LogP contribution in [0.2, 0.25) is 0 Å². The third-order valence-corrected chi connectivity index (χ3v) is 6.01. The first-order chi connectivity index (χ1) is 14.6. The molecule has 2 heterocycles. The highest BCUT2D eigenvalue weighted by molar-refractivity contribution is 5.79. The van der Waals surface area contributed by atoms with Gasteiger partial charge in [0, 0.05) is 38.7 Å². The molecule has 1 aromatic carbocycles. The summed E-state index contributed by atoms with van der Waals surface area (Å²) in [6.45, 7) is 11.3. The molecule has 2 aliphatic rings. The average Bonchev–Trinajstić information content (AvgIpc) is 3.24. The van der Waals surface area contributed by atoms with Crippen molar-refractivity contribution in [2.45, 2.75) is 58.6 Å². The van der Waals surface area contributed by atoms with Gasteiger partial charge in [-0.05, 0) is 63.2 Å². The van der Waals surface area contributed by atoms with Crippen LogP contribution in [0.4, 0.5) is 0 Å². The van der Waals surface area contributed by atoms with Gasteiger partial charge in [0.05, 0.1) is 13.2 Å². The van der Waals surface area contributed by atoms with Crippen LogP contribution in [0.25, 0.3) is 0 Å². The molecule has 1 aromatic rings. The van der Waals surface area contributed by atoms with Crippen LogP contribution in [0.15, 0.2) is 23.2 Å². The van der Waals surface area contributed by atoms with Crippen LogP contribution < -0.4 is 15.4 Å². The van der Waals surface area contributed by atoms with Gasteiger partial charge >= 0.3 is 0 Å². The number of unbranched alkanes of at least 4 members (excludes halogenated alkanes) is 1. The lowest BCUT2D eigenvalue weighted by Gasteiger charge is -2.30. The third kappa shape index (κ3) is 7.47. The zero-order valence-corrected chi connectivity index (χ0v) is 19.1. The normalized spacial score (nSPS) is 22.8. The van der Waals surface area contributed by atoms with Gasteiger partial charge in [0.2, 0.25) is 0 Å². The van der Waals surface area contributed by atoms with Gasteiger partial charge in [-0.3, -0.25) is 4.99 Å². The Morgan fingerprint density at radius 3 is 2.93 bits per heavy atom. The summed E-state index contributed by atoms with van der Waals surface area (Å²) in [5.41, 5.74) is 2.35. The van der Waals surface area contributed by atoms with Crippen molar-refractivity contribution >= 4 is 5.96 Å². The van der Waals surface area contributed by atoms with Crippen molar-refractivity contribution in [2.75, 3.05) is 46.4 Å². The van der Waals surface area contributed by atoms with Gasteiger partial charge in [-0.25, -0.2) is 0 Å². The Bertz CT molecular complexity index is 673. The lowest BCUT2D eigenvalue weighted by atomic mass is 10.0. The van der Waals surface area contributed by atoms with Crippen molar-refractivity contribution in [3.05, 3.63) is 29.3 Å². The monoisotopic (exact) mass is 416 g/mol. The molecule has 168 valence electrons. The fraction of sp³-hybridized carbons (Fsp3) is 0.708. The molecular weight excluding hydrogens is 376 g/mol. The molecular formula is C24H40N4O2. The molecule has 0 aromatic heterocycles. The molecule has 0 amide bonds. The molecule has 2 atom stereocenters. The number of rotatable bonds is 9. The van der Waals surface area contributed by atoms with Crippen LogP contribution in [0, 0.1) is 12.8 Å². The molecule has 0 aliphatic carbocycles. The highest BCUT2D eigenvalue weighted by atomic mass is 16.5. The van der Waals surface area contributed by atoms with Gasteiger partial charge in [-0.1, -0.05) is 19.1 Å². The van der Waals surface area contributed by atoms with Crippen molar-refractivity contribution < 1.29 is 9.47 Å². The maximum absolute atomic E-state index is 6.20. The Labute approximate surface area is 182 Å². The molecule has 30 heavy (non-hydrogen) atoms. The lowest BCUT2D eigenvalue weighted by Crippen LogP contribution is -2.38. The van der Waals surface area contributed by atoms with Crippen LogP contribution in [0.3, 0.4) is 0 Å². The second-order valence-corrected chi connectivity index (χ2v) is 8.82. The Morgan fingerprint density at radius 2 is 2.17 bits per heavy atom. The number of aryl methyl sites for hydroxylation is 1. The molecule has 3 rings (SSSR count). The number of nitrogens with one attached hydrogen (secondary N) is 2. The van der Waals surface area contributed by atoms with Gasteiger partial charge < -0.3 is 25.0 Å². The number of benzene rings is 1. The standard InChI is InChI=1S/C24H40N4O2/c1-19-8-9-21(23(15-19)30-22-10-14-29-18-22)16-27-24(25-3)26-11-4-5-12-28-13-6-7-20(2)17-28/h8-9,15,20,22H,4-7,10-14,16-18H2,1-3H3,(H2,25,26,27). The first kappa shape index (κ1) is 22.9.